The zero-order chi connectivity index (χ0) is 30.6. The summed E-state index contributed by atoms with van der Waals surface area (Å²) in [6.45, 7) is 0. The van der Waals surface area contributed by atoms with Crippen LogP contribution in [0.1, 0.15) is 0 Å². The second-order valence-corrected chi connectivity index (χ2v) is 14.5. The van der Waals surface area contributed by atoms with Crippen LogP contribution in [0.3, 0.4) is 0 Å². The van der Waals surface area contributed by atoms with E-state index in [1.807, 2.05) is 28.7 Å². The molecule has 11 aromatic rings. The lowest BCUT2D eigenvalue weighted by atomic mass is 9.85. The fourth-order valence-electron chi connectivity index (χ4n) is 7.90. The van der Waals surface area contributed by atoms with Crippen molar-refractivity contribution in [2.45, 2.75) is 0 Å². The van der Waals surface area contributed by atoms with Gasteiger partial charge < -0.3 is 4.42 Å². The molecule has 3 heteroatoms. The molecular weight excluding hydrogens is 609 g/mol. The number of hydrogen-bond acceptors (Lipinski definition) is 3. The summed E-state index contributed by atoms with van der Waals surface area (Å²) in [5, 5.41) is 12.8. The molecule has 11 rings (SSSR count). The summed E-state index contributed by atoms with van der Waals surface area (Å²) in [6, 6.07) is 53.3. The first-order valence-electron chi connectivity index (χ1n) is 15.9. The van der Waals surface area contributed by atoms with Crippen molar-refractivity contribution in [3.8, 4) is 22.3 Å². The molecule has 0 bridgehead atoms. The smallest absolute Gasteiger partial charge is 0.136 e. The van der Waals surface area contributed by atoms with E-state index < -0.39 is 0 Å². The summed E-state index contributed by atoms with van der Waals surface area (Å²) >= 11 is 3.83. The van der Waals surface area contributed by atoms with E-state index in [4.69, 9.17) is 4.42 Å². The Morgan fingerprint density at radius 2 is 0.894 bits per heavy atom. The van der Waals surface area contributed by atoms with Crippen LogP contribution in [0.15, 0.2) is 150 Å². The second-order valence-electron chi connectivity index (χ2n) is 12.3. The van der Waals surface area contributed by atoms with E-state index in [0.717, 1.165) is 21.9 Å². The van der Waals surface area contributed by atoms with Crippen molar-refractivity contribution in [2.24, 2.45) is 0 Å². The Morgan fingerprint density at radius 3 is 1.60 bits per heavy atom. The quantitative estimate of drug-likeness (QED) is 0.173. The van der Waals surface area contributed by atoms with Crippen molar-refractivity contribution < 1.29 is 4.42 Å². The van der Waals surface area contributed by atoms with Gasteiger partial charge in [-0.2, -0.15) is 0 Å². The number of thiophene rings is 2. The zero-order valence-electron chi connectivity index (χ0n) is 25.1. The molecule has 0 atom stereocenters. The molecule has 3 heterocycles. The second kappa shape index (κ2) is 9.52. The third-order valence-electron chi connectivity index (χ3n) is 9.86. The summed E-state index contributed by atoms with van der Waals surface area (Å²) in [6.07, 6.45) is 0. The third kappa shape index (κ3) is 3.53. The Hall–Kier alpha value is -5.48. The lowest BCUT2D eigenvalue weighted by Gasteiger charge is -2.18. The zero-order valence-corrected chi connectivity index (χ0v) is 26.7. The molecule has 3 aromatic heterocycles. The van der Waals surface area contributed by atoms with Crippen molar-refractivity contribution in [3.05, 3.63) is 146 Å². The van der Waals surface area contributed by atoms with Gasteiger partial charge in [0.15, 0.2) is 0 Å². The molecule has 1 nitrogen and oxygen atoms in total. The highest BCUT2D eigenvalue weighted by Crippen LogP contribution is 2.52. The SMILES string of the molecule is c1ccc2c(c1)oc1cc(-c3c4ccccc4c(-c4cc5sc6ccccc6c5c5c4sc4ccccc45)c4ccccc34)ccc12. The van der Waals surface area contributed by atoms with Crippen LogP contribution in [0, 0.1) is 0 Å². The first-order valence-corrected chi connectivity index (χ1v) is 17.6. The van der Waals surface area contributed by atoms with Gasteiger partial charge in [0.2, 0.25) is 0 Å². The standard InChI is InChI=1S/C44H24OS2/c1-3-14-30-28(12-1)40(25-21-22-27-26-11-5-8-18-35(26)45-36(27)23-25)29-13-2-4-15-31(29)41(30)34-24-39-42(32-16-6-9-19-37(32)46-39)43-33-17-7-10-20-38(33)47-44(34)43/h1-24H. The Morgan fingerprint density at radius 1 is 0.362 bits per heavy atom. The van der Waals surface area contributed by atoms with Gasteiger partial charge >= 0.3 is 0 Å². The first kappa shape index (κ1) is 25.7. The van der Waals surface area contributed by atoms with Gasteiger partial charge in [-0.3, -0.25) is 0 Å². The Labute approximate surface area is 277 Å². The number of fused-ring (bicyclic) bond motifs is 12. The van der Waals surface area contributed by atoms with Crippen molar-refractivity contribution in [1.29, 1.82) is 0 Å². The number of para-hydroxylation sites is 1. The van der Waals surface area contributed by atoms with Gasteiger partial charge in [0.1, 0.15) is 11.2 Å². The molecule has 0 fully saturated rings. The Bertz CT molecular complexity index is 3020. The summed E-state index contributed by atoms with van der Waals surface area (Å²) in [5.74, 6) is 0. The van der Waals surface area contributed by atoms with E-state index in [2.05, 4.69) is 140 Å². The maximum atomic E-state index is 6.38. The normalized spacial score (nSPS) is 12.3. The molecular formula is C44H24OS2. The van der Waals surface area contributed by atoms with Gasteiger partial charge in [0, 0.05) is 56.7 Å². The molecule has 0 spiro atoms. The van der Waals surface area contributed by atoms with E-state index in [1.165, 1.54) is 84.1 Å². The Balaban J connectivity index is 1.29. The molecule has 8 aromatic carbocycles. The fourth-order valence-corrected chi connectivity index (χ4v) is 10.3. The van der Waals surface area contributed by atoms with Gasteiger partial charge in [-0.1, -0.05) is 109 Å². The average molecular weight is 633 g/mol. The minimum absolute atomic E-state index is 0.920. The molecule has 0 aliphatic heterocycles. The van der Waals surface area contributed by atoms with Crippen LogP contribution in [0.2, 0.25) is 0 Å². The van der Waals surface area contributed by atoms with E-state index in [1.54, 1.807) is 0 Å². The largest absolute Gasteiger partial charge is 0.456 e. The highest BCUT2D eigenvalue weighted by Gasteiger charge is 2.23. The van der Waals surface area contributed by atoms with Gasteiger partial charge in [-0.15, -0.1) is 22.7 Å². The molecule has 0 N–H and O–H groups in total. The monoisotopic (exact) mass is 632 g/mol. The molecule has 0 radical (unpaired) electrons. The van der Waals surface area contributed by atoms with Crippen LogP contribution in [-0.4, -0.2) is 0 Å². The number of hydrogen-bond donors (Lipinski definition) is 0. The van der Waals surface area contributed by atoms with Gasteiger partial charge in [-0.05, 0) is 74.6 Å². The number of furan rings is 1. The van der Waals surface area contributed by atoms with Crippen molar-refractivity contribution in [2.75, 3.05) is 0 Å². The summed E-state index contributed by atoms with van der Waals surface area (Å²) < 4.78 is 11.7. The van der Waals surface area contributed by atoms with Crippen LogP contribution in [0.5, 0.6) is 0 Å². The number of rotatable bonds is 2. The van der Waals surface area contributed by atoms with Crippen molar-refractivity contribution in [3.63, 3.8) is 0 Å². The van der Waals surface area contributed by atoms with E-state index in [-0.39, 0.29) is 0 Å². The van der Waals surface area contributed by atoms with Gasteiger partial charge in [0.25, 0.3) is 0 Å². The highest BCUT2D eigenvalue weighted by molar-refractivity contribution is 7.28. The predicted molar refractivity (Wildman–Crippen MR) is 205 cm³/mol. The van der Waals surface area contributed by atoms with E-state index in [0.29, 0.717) is 0 Å². The van der Waals surface area contributed by atoms with Crippen LogP contribution in [0.25, 0.3) is 106 Å². The van der Waals surface area contributed by atoms with Crippen LogP contribution < -0.4 is 0 Å². The molecule has 47 heavy (non-hydrogen) atoms. The maximum absolute atomic E-state index is 6.38. The predicted octanol–water partition coefficient (Wildman–Crippen LogP) is 14.0. The van der Waals surface area contributed by atoms with Crippen LogP contribution >= 0.6 is 22.7 Å². The van der Waals surface area contributed by atoms with Gasteiger partial charge in [-0.25, -0.2) is 0 Å². The maximum Gasteiger partial charge on any atom is 0.136 e. The molecule has 0 amide bonds. The molecule has 0 aliphatic carbocycles. The van der Waals surface area contributed by atoms with Crippen molar-refractivity contribution in [1.82, 2.24) is 0 Å². The topological polar surface area (TPSA) is 13.1 Å². The molecule has 0 aliphatic rings. The summed E-state index contributed by atoms with van der Waals surface area (Å²) in [5.41, 5.74) is 6.88. The fraction of sp³-hybridized carbons (Fsp3) is 0. The lowest BCUT2D eigenvalue weighted by molar-refractivity contribution is 0.669. The number of benzene rings is 8. The summed E-state index contributed by atoms with van der Waals surface area (Å²) in [7, 11) is 0. The summed E-state index contributed by atoms with van der Waals surface area (Å²) in [4.78, 5) is 0. The van der Waals surface area contributed by atoms with E-state index >= 15 is 0 Å². The van der Waals surface area contributed by atoms with Gasteiger partial charge in [0.05, 0.1) is 0 Å². The molecule has 218 valence electrons. The average Bonchev–Trinajstić information content (AvgIpc) is 3.81. The van der Waals surface area contributed by atoms with E-state index in [9.17, 15) is 0 Å². The Kier molecular flexibility index (Phi) is 5.20. The minimum Gasteiger partial charge on any atom is -0.456 e. The van der Waals surface area contributed by atoms with Crippen LogP contribution in [-0.2, 0) is 0 Å². The van der Waals surface area contributed by atoms with Crippen molar-refractivity contribution >= 4 is 107 Å². The highest BCUT2D eigenvalue weighted by atomic mass is 32.1. The first-order chi connectivity index (χ1) is 23.3. The lowest BCUT2D eigenvalue weighted by Crippen LogP contribution is -1.91. The molecule has 0 unspecified atom stereocenters. The molecule has 0 saturated carbocycles. The third-order valence-corrected chi connectivity index (χ3v) is 12.2. The minimum atomic E-state index is 0.920. The van der Waals surface area contributed by atoms with Crippen LogP contribution in [0.4, 0.5) is 0 Å². The molecule has 0 saturated heterocycles.